The fraction of sp³-hybridized carbons (Fsp3) is 0.250. The molecular weight excluding hydrogens is 452 g/mol. The maximum Gasteiger partial charge on any atom is 0.334 e. The molecule has 1 aliphatic rings. The van der Waals surface area contributed by atoms with Crippen LogP contribution in [0.2, 0.25) is 0 Å². The number of imidazole rings is 1. The summed E-state index contributed by atoms with van der Waals surface area (Å²) in [5.74, 6) is 0.0235. The van der Waals surface area contributed by atoms with Crippen LogP contribution >= 0.6 is 0 Å². The molecule has 11 nitrogen and oxygen atoms in total. The number of nitrogens with zero attached hydrogens (tertiary/aromatic N) is 4. The maximum absolute atomic E-state index is 11.3. The largest absolute Gasteiger partial charge is 0.489 e. The minimum Gasteiger partial charge on any atom is -0.489 e. The molecule has 0 amide bonds. The quantitative estimate of drug-likeness (QED) is 0.295. The molecule has 4 atom stereocenters. The number of carbonyl (C=O) groups is 1. The molecule has 1 fully saturated rings. The normalized spacial score (nSPS) is 21.8. The van der Waals surface area contributed by atoms with E-state index in [9.17, 15) is 15.0 Å². The fourth-order valence-electron chi connectivity index (χ4n) is 3.94. The number of carboxylic acid groups (broad SMARTS) is 1. The van der Waals surface area contributed by atoms with Crippen molar-refractivity contribution in [3.05, 3.63) is 78.4 Å². The first-order chi connectivity index (χ1) is 17.0. The van der Waals surface area contributed by atoms with E-state index >= 15 is 0 Å². The first-order valence-corrected chi connectivity index (χ1v) is 11.0. The first kappa shape index (κ1) is 22.7. The van der Waals surface area contributed by atoms with Crippen LogP contribution in [0.15, 0.2) is 67.3 Å². The van der Waals surface area contributed by atoms with Crippen LogP contribution in [0, 0.1) is 0 Å². The number of benzene rings is 2. The molecule has 4 aromatic rings. The van der Waals surface area contributed by atoms with E-state index in [1.165, 1.54) is 17.2 Å². The molecule has 2 aromatic carbocycles. The number of aliphatic carboxylic acids is 1. The molecule has 0 saturated carbocycles. The summed E-state index contributed by atoms with van der Waals surface area (Å²) < 4.78 is 12.8. The monoisotopic (exact) mass is 476 g/mol. The van der Waals surface area contributed by atoms with Gasteiger partial charge in [-0.05, 0) is 23.3 Å². The summed E-state index contributed by atoms with van der Waals surface area (Å²) >= 11 is 0. The molecule has 180 valence electrons. The third-order valence-electron chi connectivity index (χ3n) is 5.83. The number of ether oxygens (including phenoxy) is 2. The predicted molar refractivity (Wildman–Crippen MR) is 125 cm³/mol. The summed E-state index contributed by atoms with van der Waals surface area (Å²) in [7, 11) is 0. The molecule has 0 bridgehead atoms. The smallest absolute Gasteiger partial charge is 0.334 e. The molecule has 2 aromatic heterocycles. The molecule has 5 rings (SSSR count). The predicted octanol–water partition coefficient (Wildman–Crippen LogP) is 1.69. The second-order valence-electron chi connectivity index (χ2n) is 8.17. The van der Waals surface area contributed by atoms with Crippen LogP contribution in [0.25, 0.3) is 11.2 Å². The lowest BCUT2D eigenvalue weighted by Crippen LogP contribution is -2.43. The van der Waals surface area contributed by atoms with E-state index in [0.29, 0.717) is 30.1 Å². The van der Waals surface area contributed by atoms with Crippen molar-refractivity contribution in [1.29, 1.82) is 0 Å². The molecule has 0 aliphatic carbocycles. The number of carboxylic acids is 1. The number of anilines is 1. The lowest BCUT2D eigenvalue weighted by atomic mass is 10.1. The summed E-state index contributed by atoms with van der Waals surface area (Å²) in [4.78, 5) is 24.2. The molecule has 0 unspecified atom stereocenters. The zero-order valence-electron chi connectivity index (χ0n) is 18.6. The van der Waals surface area contributed by atoms with Crippen LogP contribution in [-0.4, -0.2) is 54.0 Å². The van der Waals surface area contributed by atoms with Gasteiger partial charge in [0, 0.05) is 6.54 Å². The van der Waals surface area contributed by atoms with Gasteiger partial charge in [-0.3, -0.25) is 4.57 Å². The Bertz CT molecular complexity index is 1310. The van der Waals surface area contributed by atoms with Crippen molar-refractivity contribution in [1.82, 2.24) is 19.5 Å². The molecule has 0 radical (unpaired) electrons. The van der Waals surface area contributed by atoms with Gasteiger partial charge < -0.3 is 30.7 Å². The third kappa shape index (κ3) is 4.64. The van der Waals surface area contributed by atoms with Crippen LogP contribution in [0.4, 0.5) is 5.82 Å². The number of hydrogen-bond donors (Lipinski definition) is 4. The van der Waals surface area contributed by atoms with Crippen molar-refractivity contribution >= 4 is 23.0 Å². The number of aromatic nitrogens is 4. The van der Waals surface area contributed by atoms with E-state index in [-0.39, 0.29) is 0 Å². The topological polar surface area (TPSA) is 158 Å². The van der Waals surface area contributed by atoms with Crippen LogP contribution in [0.3, 0.4) is 0 Å². The lowest BCUT2D eigenvalue weighted by molar-refractivity contribution is -0.152. The Kier molecular flexibility index (Phi) is 6.27. The zero-order valence-corrected chi connectivity index (χ0v) is 18.6. The zero-order chi connectivity index (χ0) is 24.4. The summed E-state index contributed by atoms with van der Waals surface area (Å²) in [5, 5.41) is 22.9. The minimum absolute atomic E-state index is 0.384. The first-order valence-electron chi connectivity index (χ1n) is 11.0. The fourth-order valence-corrected chi connectivity index (χ4v) is 3.94. The van der Waals surface area contributed by atoms with Crippen molar-refractivity contribution in [3.8, 4) is 5.75 Å². The van der Waals surface area contributed by atoms with Crippen LogP contribution < -0.4 is 15.8 Å². The highest BCUT2D eigenvalue weighted by molar-refractivity contribution is 5.82. The summed E-state index contributed by atoms with van der Waals surface area (Å²) in [6.45, 7) is 0.976. The molecule has 5 N–H and O–H groups in total. The van der Waals surface area contributed by atoms with E-state index in [1.54, 1.807) is 0 Å². The number of nitrogens with one attached hydrogen (secondary N) is 1. The van der Waals surface area contributed by atoms with Crippen LogP contribution in [0.5, 0.6) is 5.75 Å². The van der Waals surface area contributed by atoms with Crippen LogP contribution in [0.1, 0.15) is 17.4 Å². The SMILES string of the molecule is N[C@H]1[C@@H](O)[C@H](n2cnc3c(NCc4ccc(OCc5ccccc5)cc4)ncnc32)O[C@@H]1C(=O)O. The Hall–Kier alpha value is -4.06. The van der Waals surface area contributed by atoms with E-state index in [1.807, 2.05) is 54.6 Å². The standard InChI is InChI=1S/C24H24N6O5/c25-17-19(31)23(35-20(17)24(32)33)30-13-29-18-21(27-12-28-22(18)30)26-10-14-6-8-16(9-7-14)34-11-15-4-2-1-3-5-15/h1-9,12-13,17,19-20,23,31H,10-11,25H2,(H,32,33)(H,26,27,28)/t17-,19+,20-,23+/m0/s1. The van der Waals surface area contributed by atoms with Crippen molar-refractivity contribution in [2.24, 2.45) is 5.73 Å². The number of rotatable bonds is 8. The highest BCUT2D eigenvalue weighted by Crippen LogP contribution is 2.31. The highest BCUT2D eigenvalue weighted by atomic mass is 16.6. The van der Waals surface area contributed by atoms with E-state index in [4.69, 9.17) is 15.2 Å². The third-order valence-corrected chi connectivity index (χ3v) is 5.83. The molecular formula is C24H24N6O5. The number of aliphatic hydroxyl groups is 1. The van der Waals surface area contributed by atoms with E-state index < -0.39 is 30.4 Å². The van der Waals surface area contributed by atoms with E-state index in [0.717, 1.165) is 16.9 Å². The van der Waals surface area contributed by atoms with Gasteiger partial charge >= 0.3 is 5.97 Å². The number of fused-ring (bicyclic) bond motifs is 1. The lowest BCUT2D eigenvalue weighted by Gasteiger charge is -2.16. The summed E-state index contributed by atoms with van der Waals surface area (Å²) in [5.41, 5.74) is 8.77. The van der Waals surface area contributed by atoms with Gasteiger partial charge in [0.25, 0.3) is 0 Å². The Balaban J connectivity index is 1.26. The Morgan fingerprint density at radius 1 is 1.09 bits per heavy atom. The molecule has 1 aliphatic heterocycles. The van der Waals surface area contributed by atoms with Crippen molar-refractivity contribution in [2.75, 3.05) is 5.32 Å². The van der Waals surface area contributed by atoms with E-state index in [2.05, 4.69) is 20.3 Å². The van der Waals surface area contributed by atoms with Gasteiger partial charge in [0.05, 0.1) is 12.4 Å². The molecule has 11 heteroatoms. The van der Waals surface area contributed by atoms with Gasteiger partial charge in [-0.2, -0.15) is 0 Å². The van der Waals surface area contributed by atoms with Crippen molar-refractivity contribution in [3.63, 3.8) is 0 Å². The number of aliphatic hydroxyl groups excluding tert-OH is 1. The molecule has 3 heterocycles. The maximum atomic E-state index is 11.3. The summed E-state index contributed by atoms with van der Waals surface area (Å²) in [6.07, 6.45) is -0.801. The number of nitrogens with two attached hydrogens (primary N) is 1. The van der Waals surface area contributed by atoms with Crippen molar-refractivity contribution in [2.45, 2.75) is 37.6 Å². The van der Waals surface area contributed by atoms with Gasteiger partial charge in [-0.1, -0.05) is 42.5 Å². The molecule has 0 spiro atoms. The highest BCUT2D eigenvalue weighted by Gasteiger charge is 2.46. The Morgan fingerprint density at radius 2 is 1.86 bits per heavy atom. The minimum atomic E-state index is -1.33. The van der Waals surface area contributed by atoms with Gasteiger partial charge in [0.1, 0.15) is 24.8 Å². The van der Waals surface area contributed by atoms with Gasteiger partial charge in [-0.25, -0.2) is 19.7 Å². The molecule has 35 heavy (non-hydrogen) atoms. The van der Waals surface area contributed by atoms with Gasteiger partial charge in [0.2, 0.25) is 0 Å². The number of hydrogen-bond acceptors (Lipinski definition) is 9. The second-order valence-corrected chi connectivity index (χ2v) is 8.17. The molecule has 1 saturated heterocycles. The van der Waals surface area contributed by atoms with Crippen molar-refractivity contribution < 1.29 is 24.5 Å². The Morgan fingerprint density at radius 3 is 2.57 bits per heavy atom. The average Bonchev–Trinajstić information content (AvgIpc) is 3.44. The van der Waals surface area contributed by atoms with Crippen LogP contribution in [-0.2, 0) is 22.7 Å². The summed E-state index contributed by atoms with van der Waals surface area (Å²) in [6, 6.07) is 16.6. The average molecular weight is 476 g/mol. The Labute approximate surface area is 200 Å². The second kappa shape index (κ2) is 9.66. The van der Waals surface area contributed by atoms with Gasteiger partial charge in [-0.15, -0.1) is 0 Å². The van der Waals surface area contributed by atoms with Gasteiger partial charge in [0.15, 0.2) is 29.3 Å².